The number of benzene rings is 2. The van der Waals surface area contributed by atoms with E-state index in [0.717, 1.165) is 22.7 Å². The van der Waals surface area contributed by atoms with Crippen LogP contribution in [0.2, 0.25) is 0 Å². The number of amides is 3. The van der Waals surface area contributed by atoms with Crippen LogP contribution in [0.4, 0.5) is 11.4 Å². The van der Waals surface area contributed by atoms with Crippen LogP contribution in [-0.4, -0.2) is 35.7 Å². The van der Waals surface area contributed by atoms with E-state index in [0.29, 0.717) is 11.4 Å². The first-order valence-corrected chi connectivity index (χ1v) is 10.4. The van der Waals surface area contributed by atoms with Crippen LogP contribution in [-0.2, 0) is 11.3 Å². The minimum absolute atomic E-state index is 0.0463. The van der Waals surface area contributed by atoms with Crippen molar-refractivity contribution in [1.82, 2.24) is 9.69 Å². The second-order valence-corrected chi connectivity index (χ2v) is 7.71. The molecule has 0 spiro atoms. The summed E-state index contributed by atoms with van der Waals surface area (Å²) >= 11 is 0.772. The number of nitrogens with zero attached hydrogens (tertiary/aromatic N) is 2. The van der Waals surface area contributed by atoms with Crippen molar-refractivity contribution in [2.24, 2.45) is 5.73 Å². The van der Waals surface area contributed by atoms with E-state index in [4.69, 9.17) is 16.2 Å². The molecule has 0 aliphatic heterocycles. The summed E-state index contributed by atoms with van der Waals surface area (Å²) in [5.74, 6) is -1.01. The number of carbonyl (C=O) groups is 3. The van der Waals surface area contributed by atoms with Crippen molar-refractivity contribution in [3.05, 3.63) is 70.2 Å². The number of hydrogen-bond donors (Lipinski definition) is 3. The number of para-hydroxylation sites is 1. The molecule has 3 amide bonds. The minimum atomic E-state index is -0.822. The molecule has 5 N–H and O–H groups in total. The molecule has 0 saturated heterocycles. The maximum absolute atomic E-state index is 13.3. The lowest BCUT2D eigenvalue weighted by molar-refractivity contribution is -0.119. The second-order valence-electron chi connectivity index (χ2n) is 6.94. The average Bonchev–Trinajstić information content (AvgIpc) is 3.18. The fraction of sp³-hybridized carbons (Fsp3) is 0.182. The number of ether oxygens (including phenoxy) is 1. The van der Waals surface area contributed by atoms with Crippen molar-refractivity contribution >= 4 is 40.6 Å². The number of rotatable bonds is 8. The zero-order valence-electron chi connectivity index (χ0n) is 17.6. The van der Waals surface area contributed by atoms with Gasteiger partial charge in [0.1, 0.15) is 17.2 Å². The van der Waals surface area contributed by atoms with Gasteiger partial charge in [0.2, 0.25) is 5.91 Å². The Kier molecular flexibility index (Phi) is 7.06. The number of anilines is 2. The van der Waals surface area contributed by atoms with Crippen LogP contribution in [0.15, 0.2) is 48.5 Å². The first-order chi connectivity index (χ1) is 15.3. The van der Waals surface area contributed by atoms with Crippen molar-refractivity contribution < 1.29 is 19.1 Å². The van der Waals surface area contributed by atoms with Gasteiger partial charge in [-0.1, -0.05) is 30.3 Å². The Morgan fingerprint density at radius 3 is 2.41 bits per heavy atom. The van der Waals surface area contributed by atoms with E-state index in [-0.39, 0.29) is 35.3 Å². The highest BCUT2D eigenvalue weighted by Gasteiger charge is 2.28. The molecule has 0 aliphatic carbocycles. The highest BCUT2D eigenvalue weighted by molar-refractivity contribution is 7.09. The van der Waals surface area contributed by atoms with Crippen LogP contribution in [0.1, 0.15) is 31.3 Å². The number of nitrogens with one attached hydrogen (secondary N) is 1. The third kappa shape index (κ3) is 5.03. The van der Waals surface area contributed by atoms with Crippen LogP contribution >= 0.6 is 11.5 Å². The zero-order chi connectivity index (χ0) is 23.3. The predicted octanol–water partition coefficient (Wildman–Crippen LogP) is 2.10. The van der Waals surface area contributed by atoms with E-state index in [1.165, 1.54) is 4.90 Å². The van der Waals surface area contributed by atoms with Crippen LogP contribution in [0.25, 0.3) is 0 Å². The summed E-state index contributed by atoms with van der Waals surface area (Å²) in [6.45, 7) is 1.87. The molecule has 2 aromatic carbocycles. The maximum atomic E-state index is 13.3. The van der Waals surface area contributed by atoms with Crippen LogP contribution in [0.3, 0.4) is 0 Å². The van der Waals surface area contributed by atoms with E-state index in [1.54, 1.807) is 31.4 Å². The summed E-state index contributed by atoms with van der Waals surface area (Å²) in [7, 11) is 1.58. The molecular formula is C22H23N5O4S. The average molecular weight is 454 g/mol. The number of nitrogens with two attached hydrogens (primary N) is 2. The molecule has 0 radical (unpaired) electrons. The molecule has 0 unspecified atom stereocenters. The van der Waals surface area contributed by atoms with Gasteiger partial charge in [0.15, 0.2) is 5.69 Å². The Morgan fingerprint density at radius 1 is 1.12 bits per heavy atom. The van der Waals surface area contributed by atoms with Gasteiger partial charge in [-0.3, -0.25) is 19.3 Å². The molecule has 166 valence electrons. The van der Waals surface area contributed by atoms with Gasteiger partial charge in [-0.25, -0.2) is 0 Å². The van der Waals surface area contributed by atoms with E-state index >= 15 is 0 Å². The predicted molar refractivity (Wildman–Crippen MR) is 123 cm³/mol. The number of aromatic nitrogens is 1. The molecule has 0 saturated carbocycles. The number of methoxy groups -OCH3 is 1. The lowest BCUT2D eigenvalue weighted by Gasteiger charge is -2.23. The van der Waals surface area contributed by atoms with Crippen LogP contribution < -0.4 is 26.4 Å². The topological polar surface area (TPSA) is 141 Å². The summed E-state index contributed by atoms with van der Waals surface area (Å²) in [6, 6.07) is 14.4. The van der Waals surface area contributed by atoms with Crippen molar-refractivity contribution in [3.63, 3.8) is 0 Å². The molecule has 0 atom stereocenters. The SMILES string of the molecule is COc1ccc(CNC(=O)CN(C(=O)c2snc(C(N)=O)c2N)c2ccccc2C)cc1. The second kappa shape index (κ2) is 9.92. The van der Waals surface area contributed by atoms with Crippen molar-refractivity contribution in [1.29, 1.82) is 0 Å². The Bertz CT molecular complexity index is 1140. The summed E-state index contributed by atoms with van der Waals surface area (Å²) < 4.78 is 9.02. The van der Waals surface area contributed by atoms with Gasteiger partial charge < -0.3 is 21.5 Å². The molecule has 3 aromatic rings. The molecule has 0 fully saturated rings. The molecule has 0 bridgehead atoms. The number of hydrogen-bond acceptors (Lipinski definition) is 7. The van der Waals surface area contributed by atoms with E-state index < -0.39 is 11.8 Å². The summed E-state index contributed by atoms with van der Waals surface area (Å²) in [6.07, 6.45) is 0. The Hall–Kier alpha value is -3.92. The molecule has 3 rings (SSSR count). The highest BCUT2D eigenvalue weighted by Crippen LogP contribution is 2.27. The monoisotopic (exact) mass is 453 g/mol. The van der Waals surface area contributed by atoms with Crippen LogP contribution in [0, 0.1) is 6.92 Å². The minimum Gasteiger partial charge on any atom is -0.497 e. The van der Waals surface area contributed by atoms with Crippen LogP contribution in [0.5, 0.6) is 5.75 Å². The van der Waals surface area contributed by atoms with Crippen molar-refractivity contribution in [2.45, 2.75) is 13.5 Å². The van der Waals surface area contributed by atoms with Gasteiger partial charge >= 0.3 is 0 Å². The largest absolute Gasteiger partial charge is 0.497 e. The third-order valence-electron chi connectivity index (χ3n) is 4.76. The summed E-state index contributed by atoms with van der Waals surface area (Å²) in [5, 5.41) is 2.81. The fourth-order valence-electron chi connectivity index (χ4n) is 3.03. The standard InChI is InChI=1S/C22H23N5O4S/c1-13-5-3-4-6-16(13)27(22(30)20-18(23)19(21(24)29)26-32-20)12-17(28)25-11-14-7-9-15(31-2)10-8-14/h3-10H,11-12,23H2,1-2H3,(H2,24,29)(H,25,28). The number of carbonyl (C=O) groups excluding carboxylic acids is 3. The van der Waals surface area contributed by atoms with Gasteiger partial charge in [-0.05, 0) is 47.8 Å². The van der Waals surface area contributed by atoms with Gasteiger partial charge in [0.05, 0.1) is 12.8 Å². The molecule has 1 heterocycles. The molecule has 0 aliphatic rings. The normalized spacial score (nSPS) is 10.4. The molecule has 10 heteroatoms. The molecule has 32 heavy (non-hydrogen) atoms. The van der Waals surface area contributed by atoms with Gasteiger partial charge in [0.25, 0.3) is 11.8 Å². The van der Waals surface area contributed by atoms with E-state index in [9.17, 15) is 14.4 Å². The molecule has 9 nitrogen and oxygen atoms in total. The first kappa shape index (κ1) is 22.8. The number of nitrogen functional groups attached to an aromatic ring is 1. The smallest absolute Gasteiger partial charge is 0.272 e. The van der Waals surface area contributed by atoms with Crippen molar-refractivity contribution in [2.75, 3.05) is 24.3 Å². The molecule has 1 aromatic heterocycles. The Labute approximate surface area is 189 Å². The molecular weight excluding hydrogens is 430 g/mol. The van der Waals surface area contributed by atoms with Gasteiger partial charge in [-0.15, -0.1) is 0 Å². The Balaban J connectivity index is 1.81. The fourth-order valence-corrected chi connectivity index (χ4v) is 3.78. The number of aryl methyl sites for hydroxylation is 1. The van der Waals surface area contributed by atoms with E-state index in [2.05, 4.69) is 9.69 Å². The zero-order valence-corrected chi connectivity index (χ0v) is 18.4. The van der Waals surface area contributed by atoms with E-state index in [1.807, 2.05) is 31.2 Å². The number of primary amides is 1. The highest BCUT2D eigenvalue weighted by atomic mass is 32.1. The van der Waals surface area contributed by atoms with Gasteiger partial charge in [-0.2, -0.15) is 4.37 Å². The summed E-state index contributed by atoms with van der Waals surface area (Å²) in [5.41, 5.74) is 13.2. The summed E-state index contributed by atoms with van der Waals surface area (Å²) in [4.78, 5) is 38.9. The maximum Gasteiger partial charge on any atom is 0.272 e. The third-order valence-corrected chi connectivity index (χ3v) is 5.61. The lowest BCUT2D eigenvalue weighted by Crippen LogP contribution is -2.41. The quantitative estimate of drug-likeness (QED) is 0.477. The first-order valence-electron chi connectivity index (χ1n) is 9.64. The van der Waals surface area contributed by atoms with Crippen molar-refractivity contribution in [3.8, 4) is 5.75 Å². The van der Waals surface area contributed by atoms with Gasteiger partial charge in [0, 0.05) is 12.2 Å². The Morgan fingerprint density at radius 2 is 1.81 bits per heavy atom. The lowest BCUT2D eigenvalue weighted by atomic mass is 10.1.